The van der Waals surface area contributed by atoms with Gasteiger partial charge in [-0.1, -0.05) is 35.1 Å². The van der Waals surface area contributed by atoms with E-state index in [-0.39, 0.29) is 11.8 Å². The van der Waals surface area contributed by atoms with Crippen molar-refractivity contribution < 1.29 is 19.1 Å². The molecule has 0 spiro atoms. The third-order valence-corrected chi connectivity index (χ3v) is 5.04. The summed E-state index contributed by atoms with van der Waals surface area (Å²) in [7, 11) is 0. The topological polar surface area (TPSA) is 110 Å². The number of benzene rings is 2. The number of rotatable bonds is 7. The molecule has 3 aromatic rings. The van der Waals surface area contributed by atoms with Crippen molar-refractivity contribution in [2.75, 3.05) is 11.9 Å². The van der Waals surface area contributed by atoms with Crippen molar-refractivity contribution in [2.45, 2.75) is 13.3 Å². The lowest BCUT2D eigenvalue weighted by atomic mass is 10.2. The number of anilines is 1. The molecule has 8 nitrogen and oxygen atoms in total. The normalized spacial score (nSPS) is 10.3. The van der Waals surface area contributed by atoms with Crippen molar-refractivity contribution in [3.63, 3.8) is 0 Å². The van der Waals surface area contributed by atoms with E-state index in [1.54, 1.807) is 36.4 Å². The van der Waals surface area contributed by atoms with Gasteiger partial charge in [-0.2, -0.15) is 0 Å². The summed E-state index contributed by atoms with van der Waals surface area (Å²) in [5.74, 6) is -0.706. The Labute approximate surface area is 181 Å². The summed E-state index contributed by atoms with van der Waals surface area (Å²) in [6, 6.07) is 12.9. The zero-order valence-electron chi connectivity index (χ0n) is 15.8. The molecule has 0 bridgehead atoms. The van der Waals surface area contributed by atoms with E-state index in [0.717, 1.165) is 0 Å². The quantitative estimate of drug-likeness (QED) is 0.427. The van der Waals surface area contributed by atoms with Crippen LogP contribution in [0, 0.1) is 0 Å². The molecular weight excluding hydrogens is 428 g/mol. The summed E-state index contributed by atoms with van der Waals surface area (Å²) in [6.07, 6.45) is 0.459. The van der Waals surface area contributed by atoms with Gasteiger partial charge in [-0.25, -0.2) is 0 Å². The third kappa shape index (κ3) is 5.85. The van der Waals surface area contributed by atoms with Crippen LogP contribution in [0.25, 0.3) is 0 Å². The average molecular weight is 445 g/mol. The molecule has 0 atom stereocenters. The SMILES string of the molecule is CC(=O)Oc1ccc(C(=O)Nc2nnc(CCNC(=O)c3ccccc3Cl)s2)cc1. The second kappa shape index (κ2) is 9.95. The molecule has 154 valence electrons. The molecular formula is C20H17ClN4O4S. The number of hydrogen-bond acceptors (Lipinski definition) is 7. The highest BCUT2D eigenvalue weighted by molar-refractivity contribution is 7.15. The monoisotopic (exact) mass is 444 g/mol. The maximum Gasteiger partial charge on any atom is 0.308 e. The van der Waals surface area contributed by atoms with E-state index in [9.17, 15) is 14.4 Å². The molecule has 0 aliphatic heterocycles. The molecule has 1 aromatic heterocycles. The van der Waals surface area contributed by atoms with Crippen LogP contribution in [0.15, 0.2) is 48.5 Å². The number of nitrogens with one attached hydrogen (secondary N) is 2. The van der Waals surface area contributed by atoms with E-state index < -0.39 is 5.97 Å². The summed E-state index contributed by atoms with van der Waals surface area (Å²) in [6.45, 7) is 1.65. The minimum Gasteiger partial charge on any atom is -0.427 e. The van der Waals surface area contributed by atoms with Gasteiger partial charge in [-0.3, -0.25) is 19.7 Å². The highest BCUT2D eigenvalue weighted by Crippen LogP contribution is 2.18. The first-order chi connectivity index (χ1) is 14.4. The van der Waals surface area contributed by atoms with Crippen molar-refractivity contribution in [3.8, 4) is 5.75 Å². The highest BCUT2D eigenvalue weighted by Gasteiger charge is 2.12. The minimum absolute atomic E-state index is 0.268. The molecule has 0 aliphatic carbocycles. The number of carbonyl (C=O) groups is 3. The lowest BCUT2D eigenvalue weighted by Crippen LogP contribution is -2.25. The first-order valence-corrected chi connectivity index (χ1v) is 10.1. The molecule has 2 amide bonds. The van der Waals surface area contributed by atoms with Crippen LogP contribution >= 0.6 is 22.9 Å². The largest absolute Gasteiger partial charge is 0.427 e. The molecule has 0 saturated heterocycles. The second-order valence-electron chi connectivity index (χ2n) is 6.06. The Kier molecular flexibility index (Phi) is 7.10. The Morgan fingerprint density at radius 3 is 2.47 bits per heavy atom. The molecule has 0 fully saturated rings. The number of ether oxygens (including phenoxy) is 1. The number of esters is 1. The highest BCUT2D eigenvalue weighted by atomic mass is 35.5. The molecule has 10 heteroatoms. The van der Waals surface area contributed by atoms with Gasteiger partial charge in [0, 0.05) is 25.5 Å². The maximum absolute atomic E-state index is 12.3. The number of halogens is 1. The minimum atomic E-state index is -0.434. The molecule has 1 heterocycles. The Balaban J connectivity index is 1.50. The van der Waals surface area contributed by atoms with Crippen LogP contribution in [0.5, 0.6) is 5.75 Å². The number of amides is 2. The molecule has 0 radical (unpaired) electrons. The summed E-state index contributed by atoms with van der Waals surface area (Å²) in [5.41, 5.74) is 0.791. The average Bonchev–Trinajstić information content (AvgIpc) is 3.15. The van der Waals surface area contributed by atoms with Gasteiger partial charge in [-0.05, 0) is 36.4 Å². The van der Waals surface area contributed by atoms with E-state index in [1.807, 2.05) is 0 Å². The Hall–Kier alpha value is -3.30. The number of hydrogen-bond donors (Lipinski definition) is 2. The zero-order chi connectivity index (χ0) is 21.5. The Bertz CT molecular complexity index is 1070. The molecule has 2 N–H and O–H groups in total. The van der Waals surface area contributed by atoms with E-state index in [4.69, 9.17) is 16.3 Å². The number of carbonyl (C=O) groups excluding carboxylic acids is 3. The third-order valence-electron chi connectivity index (χ3n) is 3.81. The number of nitrogens with zero attached hydrogens (tertiary/aromatic N) is 2. The fourth-order valence-electron chi connectivity index (χ4n) is 2.44. The van der Waals surface area contributed by atoms with Crippen LogP contribution < -0.4 is 15.4 Å². The fraction of sp³-hybridized carbons (Fsp3) is 0.150. The maximum atomic E-state index is 12.3. The van der Waals surface area contributed by atoms with Crippen LogP contribution in [0.3, 0.4) is 0 Å². The van der Waals surface area contributed by atoms with Crippen molar-refractivity contribution in [1.29, 1.82) is 0 Å². The molecule has 0 unspecified atom stereocenters. The standard InChI is InChI=1S/C20H17ClN4O4S/c1-12(26)29-14-8-6-13(7-9-14)18(27)23-20-25-24-17(30-20)10-11-22-19(28)15-4-2-3-5-16(15)21/h2-9H,10-11H2,1H3,(H,22,28)(H,23,25,27). The predicted octanol–water partition coefficient (Wildman–Crippen LogP) is 3.34. The van der Waals surface area contributed by atoms with E-state index in [2.05, 4.69) is 20.8 Å². The smallest absolute Gasteiger partial charge is 0.308 e. The number of aromatic nitrogens is 2. The van der Waals surface area contributed by atoms with E-state index >= 15 is 0 Å². The van der Waals surface area contributed by atoms with Crippen LogP contribution in [-0.4, -0.2) is 34.5 Å². The van der Waals surface area contributed by atoms with Gasteiger partial charge in [-0.15, -0.1) is 10.2 Å². The lowest BCUT2D eigenvalue weighted by molar-refractivity contribution is -0.131. The Morgan fingerprint density at radius 1 is 1.03 bits per heavy atom. The lowest BCUT2D eigenvalue weighted by Gasteiger charge is -2.05. The van der Waals surface area contributed by atoms with Gasteiger partial charge < -0.3 is 10.1 Å². The van der Waals surface area contributed by atoms with Crippen LogP contribution in [0.4, 0.5) is 5.13 Å². The Morgan fingerprint density at radius 2 is 1.77 bits per heavy atom. The fourth-order valence-corrected chi connectivity index (χ4v) is 3.39. The zero-order valence-corrected chi connectivity index (χ0v) is 17.4. The molecule has 3 rings (SSSR count). The van der Waals surface area contributed by atoms with Gasteiger partial charge in [0.1, 0.15) is 10.8 Å². The summed E-state index contributed by atoms with van der Waals surface area (Å²) >= 11 is 7.22. The molecule has 0 saturated carbocycles. The summed E-state index contributed by atoms with van der Waals surface area (Å²) in [4.78, 5) is 35.4. The van der Waals surface area contributed by atoms with Crippen molar-refractivity contribution >= 4 is 45.9 Å². The molecule has 2 aromatic carbocycles. The molecule has 30 heavy (non-hydrogen) atoms. The van der Waals surface area contributed by atoms with Crippen molar-refractivity contribution in [3.05, 3.63) is 69.7 Å². The van der Waals surface area contributed by atoms with Gasteiger partial charge in [0.2, 0.25) is 5.13 Å². The second-order valence-corrected chi connectivity index (χ2v) is 7.53. The van der Waals surface area contributed by atoms with Crippen LogP contribution in [0.2, 0.25) is 5.02 Å². The van der Waals surface area contributed by atoms with Crippen LogP contribution in [-0.2, 0) is 11.2 Å². The van der Waals surface area contributed by atoms with E-state index in [1.165, 1.54) is 30.4 Å². The molecule has 0 aliphatic rings. The van der Waals surface area contributed by atoms with Gasteiger partial charge in [0.25, 0.3) is 11.8 Å². The van der Waals surface area contributed by atoms with Crippen molar-refractivity contribution in [1.82, 2.24) is 15.5 Å². The van der Waals surface area contributed by atoms with Gasteiger partial charge in [0.15, 0.2) is 0 Å². The first-order valence-electron chi connectivity index (χ1n) is 8.87. The van der Waals surface area contributed by atoms with Gasteiger partial charge >= 0.3 is 5.97 Å². The predicted molar refractivity (Wildman–Crippen MR) is 113 cm³/mol. The first kappa shape index (κ1) is 21.4. The summed E-state index contributed by atoms with van der Waals surface area (Å²) in [5, 5.41) is 14.8. The van der Waals surface area contributed by atoms with Crippen molar-refractivity contribution in [2.24, 2.45) is 0 Å². The summed E-state index contributed by atoms with van der Waals surface area (Å²) < 4.78 is 4.93. The van der Waals surface area contributed by atoms with Crippen LogP contribution in [0.1, 0.15) is 32.6 Å². The van der Waals surface area contributed by atoms with Gasteiger partial charge in [0.05, 0.1) is 10.6 Å². The van der Waals surface area contributed by atoms with E-state index in [0.29, 0.717) is 45.0 Å².